The van der Waals surface area contributed by atoms with Gasteiger partial charge in [0.2, 0.25) is 0 Å². The fraction of sp³-hybridized carbons (Fsp3) is 0.333. The van der Waals surface area contributed by atoms with Crippen molar-refractivity contribution in [2.24, 2.45) is 0 Å². The lowest BCUT2D eigenvalue weighted by Gasteiger charge is -2.20. The van der Waals surface area contributed by atoms with Gasteiger partial charge < -0.3 is 0 Å². The van der Waals surface area contributed by atoms with E-state index in [9.17, 15) is 52.7 Å². The average Bonchev–Trinajstić information content (AvgIpc) is 2.85. The number of hydrogen-bond donors (Lipinski definition) is 0. The van der Waals surface area contributed by atoms with Crippen LogP contribution in [-0.4, -0.2) is 0 Å². The van der Waals surface area contributed by atoms with Gasteiger partial charge in [-0.05, 0) is 110 Å². The summed E-state index contributed by atoms with van der Waals surface area (Å²) in [5, 5.41) is -1.45. The van der Waals surface area contributed by atoms with E-state index in [-0.39, 0.29) is 0 Å². The highest BCUT2D eigenvalue weighted by molar-refractivity contribution is 5.70. The van der Waals surface area contributed by atoms with E-state index >= 15 is 8.78 Å². The molecule has 0 saturated carbocycles. The third-order valence-corrected chi connectivity index (χ3v) is 7.50. The molecular weight excluding hydrogens is 626 g/mol. The Morgan fingerprint density at radius 3 is 0.795 bits per heavy atom. The van der Waals surface area contributed by atoms with Gasteiger partial charge in [0.15, 0.2) is 0 Å². The first-order valence-electron chi connectivity index (χ1n) is 12.5. The first-order valence-corrected chi connectivity index (χ1v) is 12.5. The van der Waals surface area contributed by atoms with E-state index < -0.39 is 114 Å². The van der Waals surface area contributed by atoms with Crippen molar-refractivity contribution in [1.29, 1.82) is 0 Å². The summed E-state index contributed by atoms with van der Waals surface area (Å²) in [5.41, 5.74) is -12.8. The zero-order chi connectivity index (χ0) is 34.1. The molecule has 3 aromatic carbocycles. The lowest BCUT2D eigenvalue weighted by molar-refractivity contribution is -0.145. The number of benzene rings is 3. The van der Waals surface area contributed by atoms with Gasteiger partial charge >= 0.3 is 24.7 Å². The molecule has 3 aromatic rings. The van der Waals surface area contributed by atoms with E-state index in [0.717, 1.165) is 27.7 Å². The van der Waals surface area contributed by atoms with Crippen molar-refractivity contribution in [2.75, 3.05) is 0 Å². The van der Waals surface area contributed by atoms with Crippen molar-refractivity contribution in [3.05, 3.63) is 102 Å². The van der Waals surface area contributed by atoms with Gasteiger partial charge in [-0.2, -0.15) is 52.7 Å². The minimum atomic E-state index is -5.25. The van der Waals surface area contributed by atoms with Gasteiger partial charge in [-0.25, -0.2) is 8.78 Å². The summed E-state index contributed by atoms with van der Waals surface area (Å²) in [6.45, 7) is 4.97. The number of alkyl halides is 12. The molecule has 0 unspecified atom stereocenters. The summed E-state index contributed by atoms with van der Waals surface area (Å²) in [6, 6.07) is 1.39. The van der Waals surface area contributed by atoms with Gasteiger partial charge in [0.25, 0.3) is 0 Å². The summed E-state index contributed by atoms with van der Waals surface area (Å²) in [4.78, 5) is 0. The first kappa shape index (κ1) is 34.9. The SMILES string of the molecule is C/C(c1cc(C(F)(F)F)c(C)c(C(F)(F)F)c1)=c1/c(C)c(F)/c(=C(\C)c2cc(C(F)(F)F)c(C)c(C(F)(F)F)c2)c(C)c1F. The van der Waals surface area contributed by atoms with Crippen LogP contribution in [0.15, 0.2) is 24.3 Å². The van der Waals surface area contributed by atoms with Crippen LogP contribution in [0.2, 0.25) is 0 Å². The molecular formula is C30H22F14. The molecule has 0 aliphatic rings. The van der Waals surface area contributed by atoms with E-state index in [4.69, 9.17) is 0 Å². The van der Waals surface area contributed by atoms with E-state index in [1.165, 1.54) is 0 Å². The van der Waals surface area contributed by atoms with Gasteiger partial charge in [-0.3, -0.25) is 0 Å². The molecule has 44 heavy (non-hydrogen) atoms. The zero-order valence-electron chi connectivity index (χ0n) is 23.6. The second kappa shape index (κ2) is 11.1. The molecule has 0 fully saturated rings. The van der Waals surface area contributed by atoms with Crippen LogP contribution in [0, 0.1) is 39.3 Å². The topological polar surface area (TPSA) is 0 Å². The third-order valence-electron chi connectivity index (χ3n) is 7.50. The summed E-state index contributed by atoms with van der Waals surface area (Å²) in [5.74, 6) is -2.70. The first-order chi connectivity index (χ1) is 19.7. The molecule has 0 aliphatic heterocycles. The maximum atomic E-state index is 15.9. The molecule has 0 saturated heterocycles. The largest absolute Gasteiger partial charge is 0.416 e. The molecule has 3 rings (SSSR count). The molecule has 0 bridgehead atoms. The van der Waals surface area contributed by atoms with Crippen LogP contribution in [0.4, 0.5) is 61.5 Å². The van der Waals surface area contributed by atoms with Crippen LogP contribution in [0.1, 0.15) is 69.5 Å². The molecule has 240 valence electrons. The van der Waals surface area contributed by atoms with E-state index in [2.05, 4.69) is 0 Å². The van der Waals surface area contributed by atoms with Gasteiger partial charge in [0.05, 0.1) is 22.3 Å². The van der Waals surface area contributed by atoms with Crippen LogP contribution >= 0.6 is 0 Å². The number of halogens is 14. The Morgan fingerprint density at radius 1 is 0.409 bits per heavy atom. The molecule has 0 radical (unpaired) electrons. The summed E-state index contributed by atoms with van der Waals surface area (Å²) >= 11 is 0. The molecule has 0 aliphatic carbocycles. The monoisotopic (exact) mass is 648 g/mol. The Balaban J connectivity index is 2.52. The van der Waals surface area contributed by atoms with Crippen LogP contribution in [0.3, 0.4) is 0 Å². The van der Waals surface area contributed by atoms with Gasteiger partial charge in [0, 0.05) is 10.4 Å². The summed E-state index contributed by atoms with van der Waals surface area (Å²) in [6.07, 6.45) is -21.0. The Kier molecular flexibility index (Phi) is 8.80. The number of rotatable bonds is 2. The average molecular weight is 648 g/mol. The maximum Gasteiger partial charge on any atom is 0.416 e. The predicted molar refractivity (Wildman–Crippen MR) is 134 cm³/mol. The van der Waals surface area contributed by atoms with Crippen LogP contribution < -0.4 is 10.4 Å². The second-order valence-corrected chi connectivity index (χ2v) is 10.3. The second-order valence-electron chi connectivity index (χ2n) is 10.3. The summed E-state index contributed by atoms with van der Waals surface area (Å²) < 4.78 is 195. The highest BCUT2D eigenvalue weighted by Crippen LogP contribution is 2.42. The minimum absolute atomic E-state index is 0.348. The third kappa shape index (κ3) is 6.30. The molecule has 0 heterocycles. The number of hydrogen-bond acceptors (Lipinski definition) is 0. The van der Waals surface area contributed by atoms with Gasteiger partial charge in [-0.15, -0.1) is 0 Å². The maximum absolute atomic E-state index is 15.9. The lowest BCUT2D eigenvalue weighted by Crippen LogP contribution is -2.30. The van der Waals surface area contributed by atoms with Crippen molar-refractivity contribution in [3.63, 3.8) is 0 Å². The normalized spacial score (nSPS) is 14.6. The highest BCUT2D eigenvalue weighted by atomic mass is 19.4. The van der Waals surface area contributed by atoms with E-state index in [0.29, 0.717) is 38.1 Å². The Hall–Kier alpha value is -3.58. The smallest absolute Gasteiger partial charge is 0.206 e. The molecule has 0 N–H and O–H groups in total. The fourth-order valence-corrected chi connectivity index (χ4v) is 5.14. The van der Waals surface area contributed by atoms with E-state index in [1.807, 2.05) is 0 Å². The molecule has 0 aromatic heterocycles. The Bertz CT molecular complexity index is 1530. The lowest BCUT2D eigenvalue weighted by atomic mass is 9.90. The van der Waals surface area contributed by atoms with Crippen molar-refractivity contribution < 1.29 is 61.5 Å². The van der Waals surface area contributed by atoms with Gasteiger partial charge in [-0.1, -0.05) is 0 Å². The standard InChI is InChI=1S/C30H22F14/c1-11(17-7-19(27(33,34)35)13(3)20(8-17)28(36,37)38)23-15(5)26(32)24(16(6)25(23)31)12(2)18-9-21(29(39,40)41)14(4)22(10-18)30(42,43)44/h7-10H,1-6H3/b23-11+,24-12+. The van der Waals surface area contributed by atoms with Crippen molar-refractivity contribution >= 4 is 11.1 Å². The van der Waals surface area contributed by atoms with Crippen LogP contribution in [0.25, 0.3) is 11.1 Å². The summed E-state index contributed by atoms with van der Waals surface area (Å²) in [7, 11) is 0. The quantitative estimate of drug-likeness (QED) is 0.243. The highest BCUT2D eigenvalue weighted by Gasteiger charge is 2.41. The van der Waals surface area contributed by atoms with Crippen molar-refractivity contribution in [2.45, 2.75) is 66.2 Å². The van der Waals surface area contributed by atoms with Crippen molar-refractivity contribution in [3.8, 4) is 0 Å². The zero-order valence-corrected chi connectivity index (χ0v) is 23.6. The Labute approximate surface area is 241 Å². The molecule has 14 heteroatoms. The van der Waals surface area contributed by atoms with Crippen LogP contribution in [0.5, 0.6) is 0 Å². The Morgan fingerprint density at radius 2 is 0.614 bits per heavy atom. The van der Waals surface area contributed by atoms with Crippen molar-refractivity contribution in [1.82, 2.24) is 0 Å². The fourth-order valence-electron chi connectivity index (χ4n) is 5.14. The molecule has 0 spiro atoms. The molecule has 0 nitrogen and oxygen atoms in total. The molecule has 0 amide bonds. The minimum Gasteiger partial charge on any atom is -0.206 e. The van der Waals surface area contributed by atoms with Crippen LogP contribution in [-0.2, 0) is 24.7 Å². The predicted octanol–water partition coefficient (Wildman–Crippen LogP) is 9.71. The molecule has 0 atom stereocenters. The van der Waals surface area contributed by atoms with Gasteiger partial charge in [0.1, 0.15) is 11.6 Å². The van der Waals surface area contributed by atoms with E-state index in [1.54, 1.807) is 0 Å².